The lowest BCUT2D eigenvalue weighted by Crippen LogP contribution is -2.46. The Hall–Kier alpha value is -1.22. The van der Waals surface area contributed by atoms with Crippen molar-refractivity contribution in [2.75, 3.05) is 11.9 Å². The first-order valence-electron chi connectivity index (χ1n) is 6.29. The topological polar surface area (TPSA) is 38.3 Å². The van der Waals surface area contributed by atoms with E-state index in [4.69, 9.17) is 16.3 Å². The van der Waals surface area contributed by atoms with Crippen molar-refractivity contribution < 1.29 is 9.53 Å². The zero-order valence-electron chi connectivity index (χ0n) is 11.1. The van der Waals surface area contributed by atoms with Crippen molar-refractivity contribution in [3.05, 3.63) is 29.3 Å². The van der Waals surface area contributed by atoms with E-state index in [1.807, 2.05) is 32.9 Å². The average molecular weight is 270 g/mol. The maximum atomic E-state index is 12.1. The number of benzene rings is 1. The molecule has 1 aromatic carbocycles. The van der Waals surface area contributed by atoms with E-state index >= 15 is 0 Å². The van der Waals surface area contributed by atoms with Gasteiger partial charge in [-0.3, -0.25) is 0 Å². The molecule has 0 aromatic heterocycles. The first-order valence-corrected chi connectivity index (χ1v) is 6.66. The third-order valence-corrected chi connectivity index (χ3v) is 3.32. The molecule has 1 rings (SSSR count). The Morgan fingerprint density at radius 3 is 2.50 bits per heavy atom. The smallest absolute Gasteiger partial charge is 0.331 e. The molecule has 0 amide bonds. The minimum absolute atomic E-state index is 0.213. The van der Waals surface area contributed by atoms with Crippen LogP contribution in [-0.4, -0.2) is 18.1 Å². The van der Waals surface area contributed by atoms with Crippen LogP contribution in [0.25, 0.3) is 0 Å². The van der Waals surface area contributed by atoms with Gasteiger partial charge in [-0.15, -0.1) is 0 Å². The van der Waals surface area contributed by atoms with E-state index in [1.54, 1.807) is 12.1 Å². The normalized spacial score (nSPS) is 11.1. The van der Waals surface area contributed by atoms with Gasteiger partial charge in [0.25, 0.3) is 0 Å². The first kappa shape index (κ1) is 14.8. The van der Waals surface area contributed by atoms with Gasteiger partial charge in [0.2, 0.25) is 0 Å². The second kappa shape index (κ2) is 6.64. The lowest BCUT2D eigenvalue weighted by molar-refractivity contribution is -0.148. The summed E-state index contributed by atoms with van der Waals surface area (Å²) in [4.78, 5) is 12.1. The molecule has 0 spiro atoms. The monoisotopic (exact) mass is 269 g/mol. The Bertz CT molecular complexity index is 403. The zero-order valence-corrected chi connectivity index (χ0v) is 11.9. The van der Waals surface area contributed by atoms with E-state index in [9.17, 15) is 4.79 Å². The lowest BCUT2D eigenvalue weighted by atomic mass is 9.92. The Morgan fingerprint density at radius 2 is 2.00 bits per heavy atom. The molecule has 0 fully saturated rings. The number of carbonyl (C=O) groups is 1. The molecule has 3 nitrogen and oxygen atoms in total. The van der Waals surface area contributed by atoms with E-state index in [1.165, 1.54) is 0 Å². The molecule has 0 aliphatic rings. The van der Waals surface area contributed by atoms with Gasteiger partial charge in [-0.1, -0.05) is 31.5 Å². The highest BCUT2D eigenvalue weighted by atomic mass is 35.5. The minimum Gasteiger partial charge on any atom is -0.464 e. The number of hydrogen-bond acceptors (Lipinski definition) is 3. The van der Waals surface area contributed by atoms with Gasteiger partial charge in [-0.25, -0.2) is 4.79 Å². The number of halogens is 1. The third kappa shape index (κ3) is 3.39. The summed E-state index contributed by atoms with van der Waals surface area (Å²) >= 11 is 5.94. The molecule has 0 atom stereocenters. The molecule has 1 aromatic rings. The molecule has 1 N–H and O–H groups in total. The maximum absolute atomic E-state index is 12.1. The van der Waals surface area contributed by atoms with E-state index in [0.717, 1.165) is 5.69 Å². The van der Waals surface area contributed by atoms with Crippen LogP contribution in [0.1, 0.15) is 33.6 Å². The first-order chi connectivity index (χ1) is 8.57. The average Bonchev–Trinajstić information content (AvgIpc) is 2.36. The van der Waals surface area contributed by atoms with Gasteiger partial charge in [-0.05, 0) is 38.0 Å². The second-order valence-corrected chi connectivity index (χ2v) is 4.58. The molecule has 0 bridgehead atoms. The molecule has 100 valence electrons. The number of ether oxygens (including phenoxy) is 1. The van der Waals surface area contributed by atoms with Crippen molar-refractivity contribution in [2.45, 2.75) is 39.2 Å². The van der Waals surface area contributed by atoms with Crippen molar-refractivity contribution in [3.8, 4) is 0 Å². The number of anilines is 1. The minimum atomic E-state index is -0.680. The molecule has 0 saturated carbocycles. The standard InChI is InChI=1S/C14H20ClNO2/c1-4-14(5-2,13(17)18-6-3)16-12-9-7-8-11(15)10-12/h7-10,16H,4-6H2,1-3H3. The van der Waals surface area contributed by atoms with E-state index < -0.39 is 5.54 Å². The quantitative estimate of drug-likeness (QED) is 0.797. The van der Waals surface area contributed by atoms with Crippen molar-refractivity contribution in [1.29, 1.82) is 0 Å². The SMILES string of the molecule is CCOC(=O)C(CC)(CC)Nc1cccc(Cl)c1. The zero-order chi connectivity index (χ0) is 13.6. The highest BCUT2D eigenvalue weighted by Gasteiger charge is 2.36. The number of hydrogen-bond donors (Lipinski definition) is 1. The summed E-state index contributed by atoms with van der Waals surface area (Å²) in [6, 6.07) is 7.36. The van der Waals surface area contributed by atoms with Crippen molar-refractivity contribution >= 4 is 23.3 Å². The van der Waals surface area contributed by atoms with E-state index in [0.29, 0.717) is 24.5 Å². The fourth-order valence-electron chi connectivity index (χ4n) is 1.88. The van der Waals surface area contributed by atoms with Crippen LogP contribution in [0.2, 0.25) is 5.02 Å². The molecule has 0 aliphatic carbocycles. The van der Waals surface area contributed by atoms with E-state index in [2.05, 4.69) is 5.32 Å². The van der Waals surface area contributed by atoms with Gasteiger partial charge in [0, 0.05) is 10.7 Å². The predicted molar refractivity (Wildman–Crippen MR) is 75.0 cm³/mol. The highest BCUT2D eigenvalue weighted by molar-refractivity contribution is 6.30. The van der Waals surface area contributed by atoms with Gasteiger partial charge >= 0.3 is 5.97 Å². The van der Waals surface area contributed by atoms with Gasteiger partial charge in [0.1, 0.15) is 5.54 Å². The molecule has 18 heavy (non-hydrogen) atoms. The fourth-order valence-corrected chi connectivity index (χ4v) is 2.07. The second-order valence-electron chi connectivity index (χ2n) is 4.15. The Balaban J connectivity index is 2.95. The summed E-state index contributed by atoms with van der Waals surface area (Å²) in [5.41, 5.74) is 0.153. The van der Waals surface area contributed by atoms with Gasteiger partial charge < -0.3 is 10.1 Å². The van der Waals surface area contributed by atoms with Crippen LogP contribution in [-0.2, 0) is 9.53 Å². The van der Waals surface area contributed by atoms with Crippen LogP contribution < -0.4 is 5.32 Å². The summed E-state index contributed by atoms with van der Waals surface area (Å²) in [5, 5.41) is 3.90. The van der Waals surface area contributed by atoms with Gasteiger partial charge in [0.15, 0.2) is 0 Å². The molecule has 0 aliphatic heterocycles. The maximum Gasteiger partial charge on any atom is 0.331 e. The number of rotatable bonds is 6. The fraction of sp³-hybridized carbons (Fsp3) is 0.500. The molecule has 0 saturated heterocycles. The summed E-state index contributed by atoms with van der Waals surface area (Å²) in [6.07, 6.45) is 1.32. The summed E-state index contributed by atoms with van der Waals surface area (Å²) in [7, 11) is 0. The largest absolute Gasteiger partial charge is 0.464 e. The highest BCUT2D eigenvalue weighted by Crippen LogP contribution is 2.25. The number of carbonyl (C=O) groups excluding carboxylic acids is 1. The van der Waals surface area contributed by atoms with Crippen LogP contribution in [0.5, 0.6) is 0 Å². The number of nitrogens with one attached hydrogen (secondary N) is 1. The van der Waals surface area contributed by atoms with Crippen LogP contribution >= 0.6 is 11.6 Å². The molecular weight excluding hydrogens is 250 g/mol. The van der Waals surface area contributed by atoms with Crippen LogP contribution in [0.15, 0.2) is 24.3 Å². The van der Waals surface area contributed by atoms with E-state index in [-0.39, 0.29) is 5.97 Å². The third-order valence-electron chi connectivity index (χ3n) is 3.08. The summed E-state index contributed by atoms with van der Waals surface area (Å²) in [6.45, 7) is 6.14. The van der Waals surface area contributed by atoms with Crippen LogP contribution in [0.3, 0.4) is 0 Å². The summed E-state index contributed by atoms with van der Waals surface area (Å²) < 4.78 is 5.16. The lowest BCUT2D eigenvalue weighted by Gasteiger charge is -2.31. The predicted octanol–water partition coefficient (Wildman–Crippen LogP) is 3.87. The Morgan fingerprint density at radius 1 is 1.33 bits per heavy atom. The Kier molecular flexibility index (Phi) is 5.48. The van der Waals surface area contributed by atoms with Gasteiger partial charge in [0.05, 0.1) is 6.61 Å². The summed E-state index contributed by atoms with van der Waals surface area (Å²) in [5.74, 6) is -0.213. The van der Waals surface area contributed by atoms with Crippen molar-refractivity contribution in [3.63, 3.8) is 0 Å². The van der Waals surface area contributed by atoms with Crippen LogP contribution in [0, 0.1) is 0 Å². The molecule has 0 radical (unpaired) electrons. The Labute approximate surface area is 113 Å². The van der Waals surface area contributed by atoms with Crippen LogP contribution in [0.4, 0.5) is 5.69 Å². The van der Waals surface area contributed by atoms with Crippen molar-refractivity contribution in [1.82, 2.24) is 0 Å². The molecule has 0 unspecified atom stereocenters. The molecule has 0 heterocycles. The molecule has 4 heteroatoms. The molecular formula is C14H20ClNO2. The van der Waals surface area contributed by atoms with Gasteiger partial charge in [-0.2, -0.15) is 0 Å². The number of esters is 1. The van der Waals surface area contributed by atoms with Crippen molar-refractivity contribution in [2.24, 2.45) is 0 Å².